The Balaban J connectivity index is 1.77. The van der Waals surface area contributed by atoms with Crippen molar-refractivity contribution >= 4 is 16.6 Å². The second-order valence-electron chi connectivity index (χ2n) is 7.24. The number of fused-ring (bicyclic) bond motifs is 3. The largest absolute Gasteiger partial charge is 0.332 e. The standard InChI is InChI=1S/C21H14F3N5O2/c1-10(2)29-17-13(23)4-3-5-15(17)28-9-25-16(18(28)21(29)30)20-26-19(27-31-20)12-7-6-11(22)8-14(12)24/h3-10H,1-2H3. The summed E-state index contributed by atoms with van der Waals surface area (Å²) in [5.74, 6) is -2.37. The molecule has 0 N–H and O–H groups in total. The summed E-state index contributed by atoms with van der Waals surface area (Å²) in [5, 5.41) is 3.74. The highest BCUT2D eigenvalue weighted by atomic mass is 19.1. The van der Waals surface area contributed by atoms with Crippen LogP contribution in [0.4, 0.5) is 13.2 Å². The molecule has 3 heterocycles. The molecule has 3 aromatic heterocycles. The van der Waals surface area contributed by atoms with Gasteiger partial charge in [0, 0.05) is 12.1 Å². The van der Waals surface area contributed by atoms with Crippen LogP contribution >= 0.6 is 0 Å². The summed E-state index contributed by atoms with van der Waals surface area (Å²) < 4.78 is 49.9. The lowest BCUT2D eigenvalue weighted by atomic mass is 10.2. The van der Waals surface area contributed by atoms with Crippen LogP contribution in [0, 0.1) is 17.5 Å². The third kappa shape index (κ3) is 2.82. The Morgan fingerprint density at radius 1 is 1.03 bits per heavy atom. The summed E-state index contributed by atoms with van der Waals surface area (Å²) in [4.78, 5) is 21.7. The number of hydrogen-bond acceptors (Lipinski definition) is 5. The molecule has 0 saturated carbocycles. The summed E-state index contributed by atoms with van der Waals surface area (Å²) in [6.07, 6.45) is 1.36. The predicted molar refractivity (Wildman–Crippen MR) is 106 cm³/mol. The first-order chi connectivity index (χ1) is 14.9. The van der Waals surface area contributed by atoms with Gasteiger partial charge in [-0.25, -0.2) is 18.2 Å². The zero-order valence-corrected chi connectivity index (χ0v) is 16.3. The molecule has 0 atom stereocenters. The third-order valence-electron chi connectivity index (χ3n) is 4.97. The average molecular weight is 425 g/mol. The fourth-order valence-electron chi connectivity index (χ4n) is 3.64. The van der Waals surface area contributed by atoms with Gasteiger partial charge in [0.2, 0.25) is 5.82 Å². The van der Waals surface area contributed by atoms with Crippen LogP contribution in [0.3, 0.4) is 0 Å². The van der Waals surface area contributed by atoms with Crippen molar-refractivity contribution in [3.63, 3.8) is 0 Å². The summed E-state index contributed by atoms with van der Waals surface area (Å²) in [5.41, 5.74) is 0.221. The van der Waals surface area contributed by atoms with Gasteiger partial charge >= 0.3 is 0 Å². The molecule has 0 bridgehead atoms. The topological polar surface area (TPSA) is 78.2 Å². The monoisotopic (exact) mass is 425 g/mol. The van der Waals surface area contributed by atoms with Gasteiger partial charge in [-0.1, -0.05) is 11.2 Å². The first-order valence-electron chi connectivity index (χ1n) is 9.36. The van der Waals surface area contributed by atoms with Crippen molar-refractivity contribution in [3.05, 3.63) is 70.5 Å². The Hall–Kier alpha value is -3.95. The molecule has 0 aliphatic carbocycles. The van der Waals surface area contributed by atoms with Crippen LogP contribution in [0.2, 0.25) is 0 Å². The summed E-state index contributed by atoms with van der Waals surface area (Å²) in [7, 11) is 0. The second kappa shape index (κ2) is 6.79. The summed E-state index contributed by atoms with van der Waals surface area (Å²) >= 11 is 0. The Morgan fingerprint density at radius 3 is 2.58 bits per heavy atom. The maximum atomic E-state index is 14.6. The SMILES string of the molecule is CC(C)n1c(=O)c2c(-c3nc(-c4ccc(F)cc4F)no3)ncn2c2cccc(F)c21. The van der Waals surface area contributed by atoms with Gasteiger partial charge in [0.1, 0.15) is 34.8 Å². The summed E-state index contributed by atoms with van der Waals surface area (Å²) in [6.45, 7) is 3.53. The molecule has 0 radical (unpaired) electrons. The number of benzene rings is 2. The smallest absolute Gasteiger partial charge is 0.279 e. The van der Waals surface area contributed by atoms with Crippen LogP contribution in [0.5, 0.6) is 0 Å². The van der Waals surface area contributed by atoms with Crippen molar-refractivity contribution in [2.45, 2.75) is 19.9 Å². The zero-order chi connectivity index (χ0) is 21.9. The Kier molecular flexibility index (Phi) is 4.17. The molecule has 2 aromatic carbocycles. The zero-order valence-electron chi connectivity index (χ0n) is 16.3. The van der Waals surface area contributed by atoms with Crippen LogP contribution in [0.25, 0.3) is 39.5 Å². The quantitative estimate of drug-likeness (QED) is 0.429. The van der Waals surface area contributed by atoms with E-state index in [1.165, 1.54) is 33.5 Å². The van der Waals surface area contributed by atoms with Crippen LogP contribution in [-0.4, -0.2) is 24.1 Å². The molecule has 10 heteroatoms. The van der Waals surface area contributed by atoms with Gasteiger partial charge in [0.15, 0.2) is 5.69 Å². The van der Waals surface area contributed by atoms with Crippen molar-refractivity contribution in [2.24, 2.45) is 0 Å². The third-order valence-corrected chi connectivity index (χ3v) is 4.97. The van der Waals surface area contributed by atoms with E-state index in [-0.39, 0.29) is 40.0 Å². The molecule has 0 aliphatic rings. The van der Waals surface area contributed by atoms with Crippen molar-refractivity contribution in [2.75, 3.05) is 0 Å². The Bertz CT molecular complexity index is 1530. The second-order valence-corrected chi connectivity index (χ2v) is 7.24. The van der Waals surface area contributed by atoms with Gasteiger partial charge in [0.05, 0.1) is 11.1 Å². The molecule has 0 aliphatic heterocycles. The highest BCUT2D eigenvalue weighted by Crippen LogP contribution is 2.28. The van der Waals surface area contributed by atoms with Crippen molar-refractivity contribution in [1.29, 1.82) is 0 Å². The van der Waals surface area contributed by atoms with Gasteiger partial charge < -0.3 is 4.52 Å². The number of halogens is 3. The van der Waals surface area contributed by atoms with Crippen LogP contribution in [-0.2, 0) is 0 Å². The molecular formula is C21H14F3N5O2. The van der Waals surface area contributed by atoms with Gasteiger partial charge in [0.25, 0.3) is 11.4 Å². The number of hydrogen-bond donors (Lipinski definition) is 0. The molecule has 156 valence electrons. The number of imidazole rings is 1. The van der Waals surface area contributed by atoms with E-state index in [1.807, 2.05) is 0 Å². The van der Waals surface area contributed by atoms with Crippen LogP contribution in [0.1, 0.15) is 19.9 Å². The lowest BCUT2D eigenvalue weighted by molar-refractivity contribution is 0.431. The van der Waals surface area contributed by atoms with E-state index in [9.17, 15) is 18.0 Å². The fourth-order valence-corrected chi connectivity index (χ4v) is 3.64. The minimum Gasteiger partial charge on any atom is -0.332 e. The molecule has 0 fully saturated rings. The average Bonchev–Trinajstić information content (AvgIpc) is 3.36. The predicted octanol–water partition coefficient (Wildman–Crippen LogP) is 4.36. The highest BCUT2D eigenvalue weighted by Gasteiger charge is 2.24. The van der Waals surface area contributed by atoms with Gasteiger partial charge in [-0.05, 0) is 38.1 Å². The Labute approximate surface area is 172 Å². The maximum absolute atomic E-state index is 14.6. The molecular weight excluding hydrogens is 411 g/mol. The minimum atomic E-state index is -0.856. The van der Waals surface area contributed by atoms with Crippen molar-refractivity contribution < 1.29 is 17.7 Å². The first-order valence-corrected chi connectivity index (χ1v) is 9.36. The van der Waals surface area contributed by atoms with E-state index in [2.05, 4.69) is 15.1 Å². The maximum Gasteiger partial charge on any atom is 0.279 e. The van der Waals surface area contributed by atoms with Gasteiger partial charge in [-0.3, -0.25) is 13.8 Å². The minimum absolute atomic E-state index is 0.0629. The molecule has 31 heavy (non-hydrogen) atoms. The molecule has 7 nitrogen and oxygen atoms in total. The van der Waals surface area contributed by atoms with E-state index in [0.29, 0.717) is 11.6 Å². The fraction of sp³-hybridized carbons (Fsp3) is 0.143. The van der Waals surface area contributed by atoms with Gasteiger partial charge in [-0.2, -0.15) is 4.98 Å². The van der Waals surface area contributed by atoms with Crippen molar-refractivity contribution in [3.8, 4) is 23.0 Å². The normalized spacial score (nSPS) is 11.8. The first kappa shape index (κ1) is 19.0. The lowest BCUT2D eigenvalue weighted by Crippen LogP contribution is -2.25. The van der Waals surface area contributed by atoms with Gasteiger partial charge in [-0.15, -0.1) is 0 Å². The molecule has 0 amide bonds. The van der Waals surface area contributed by atoms with E-state index >= 15 is 0 Å². The van der Waals surface area contributed by atoms with Crippen LogP contribution in [0.15, 0.2) is 52.0 Å². The van der Waals surface area contributed by atoms with Crippen LogP contribution < -0.4 is 5.56 Å². The molecule has 0 unspecified atom stereocenters. The molecule has 5 aromatic rings. The van der Waals surface area contributed by atoms with E-state index in [4.69, 9.17) is 4.52 Å². The summed E-state index contributed by atoms with van der Waals surface area (Å²) in [6, 6.07) is 7.11. The molecule has 0 saturated heterocycles. The lowest BCUT2D eigenvalue weighted by Gasteiger charge is -2.16. The Morgan fingerprint density at radius 2 is 1.84 bits per heavy atom. The number of nitrogens with zero attached hydrogens (tertiary/aromatic N) is 5. The molecule has 5 rings (SSSR count). The molecule has 0 spiro atoms. The number of aromatic nitrogens is 5. The van der Waals surface area contributed by atoms with E-state index in [0.717, 1.165) is 6.07 Å². The van der Waals surface area contributed by atoms with E-state index < -0.39 is 23.0 Å². The highest BCUT2D eigenvalue weighted by molar-refractivity contribution is 5.84. The van der Waals surface area contributed by atoms with E-state index in [1.54, 1.807) is 19.9 Å². The van der Waals surface area contributed by atoms with Crippen molar-refractivity contribution in [1.82, 2.24) is 24.1 Å². The number of para-hydroxylation sites is 1. The number of rotatable bonds is 3.